The highest BCUT2D eigenvalue weighted by Crippen LogP contribution is 2.18. The number of aromatic carboxylic acids is 1. The van der Waals surface area contributed by atoms with Gasteiger partial charge in [0.1, 0.15) is 0 Å². The van der Waals surface area contributed by atoms with Crippen LogP contribution in [0, 0.1) is 0 Å². The molecule has 0 bridgehead atoms. The van der Waals surface area contributed by atoms with Gasteiger partial charge in [-0.15, -0.1) is 0 Å². The average molecular weight is 247 g/mol. The first-order chi connectivity index (χ1) is 8.61. The van der Waals surface area contributed by atoms with Crippen molar-refractivity contribution < 1.29 is 19.4 Å². The second kappa shape index (κ2) is 4.91. The third kappa shape index (κ3) is 2.34. The molecule has 0 amide bonds. The number of fused-ring (bicyclic) bond motifs is 1. The van der Waals surface area contributed by atoms with Gasteiger partial charge in [-0.05, 0) is 24.3 Å². The average Bonchev–Trinajstić information content (AvgIpc) is 2.78. The molecule has 0 aliphatic rings. The molecule has 1 heterocycles. The van der Waals surface area contributed by atoms with Crippen molar-refractivity contribution in [1.82, 2.24) is 4.57 Å². The molecule has 18 heavy (non-hydrogen) atoms. The topological polar surface area (TPSA) is 68.5 Å². The largest absolute Gasteiger partial charge is 0.478 e. The van der Waals surface area contributed by atoms with E-state index < -0.39 is 5.97 Å². The smallest absolute Gasteiger partial charge is 0.335 e. The monoisotopic (exact) mass is 247 g/mol. The van der Waals surface area contributed by atoms with E-state index in [1.165, 1.54) is 7.11 Å². The Kier molecular flexibility index (Phi) is 3.32. The Labute approximate surface area is 104 Å². The van der Waals surface area contributed by atoms with Crippen molar-refractivity contribution in [3.8, 4) is 0 Å². The molecule has 0 saturated carbocycles. The lowest BCUT2D eigenvalue weighted by atomic mass is 10.1. The van der Waals surface area contributed by atoms with Gasteiger partial charge in [0.2, 0.25) is 0 Å². The van der Waals surface area contributed by atoms with Gasteiger partial charge in [0.05, 0.1) is 19.1 Å². The van der Waals surface area contributed by atoms with E-state index in [0.717, 1.165) is 10.9 Å². The Morgan fingerprint density at radius 3 is 2.78 bits per heavy atom. The Bertz CT molecular complexity index is 600. The standard InChI is InChI=1S/C13H13NO4/c1-18-12(15)5-7-14-6-4-9-8-10(13(16)17)2-3-11(9)14/h2-4,6,8H,5,7H2,1H3,(H,16,17). The first kappa shape index (κ1) is 12.2. The predicted molar refractivity (Wildman–Crippen MR) is 65.5 cm³/mol. The number of benzene rings is 1. The number of aryl methyl sites for hydroxylation is 1. The molecule has 0 unspecified atom stereocenters. The summed E-state index contributed by atoms with van der Waals surface area (Å²) in [7, 11) is 1.36. The maximum absolute atomic E-state index is 11.1. The number of carbonyl (C=O) groups is 2. The molecule has 1 N–H and O–H groups in total. The van der Waals surface area contributed by atoms with Crippen LogP contribution in [0.2, 0.25) is 0 Å². The summed E-state index contributed by atoms with van der Waals surface area (Å²) in [5.74, 6) is -1.21. The van der Waals surface area contributed by atoms with E-state index in [1.54, 1.807) is 18.2 Å². The number of aromatic nitrogens is 1. The van der Waals surface area contributed by atoms with Crippen molar-refractivity contribution in [3.05, 3.63) is 36.0 Å². The highest BCUT2D eigenvalue weighted by Gasteiger charge is 2.07. The molecule has 2 rings (SSSR count). The number of rotatable bonds is 4. The zero-order chi connectivity index (χ0) is 13.1. The summed E-state index contributed by atoms with van der Waals surface area (Å²) in [5.41, 5.74) is 1.16. The van der Waals surface area contributed by atoms with E-state index in [4.69, 9.17) is 5.11 Å². The summed E-state index contributed by atoms with van der Waals surface area (Å²) in [6.45, 7) is 0.516. The minimum Gasteiger partial charge on any atom is -0.478 e. The fourth-order valence-corrected chi connectivity index (χ4v) is 1.84. The van der Waals surface area contributed by atoms with Crippen LogP contribution in [0.3, 0.4) is 0 Å². The van der Waals surface area contributed by atoms with Gasteiger partial charge < -0.3 is 14.4 Å². The van der Waals surface area contributed by atoms with Crippen LogP contribution < -0.4 is 0 Å². The van der Waals surface area contributed by atoms with Gasteiger partial charge in [-0.1, -0.05) is 0 Å². The summed E-state index contributed by atoms with van der Waals surface area (Å²) >= 11 is 0. The number of hydrogen-bond donors (Lipinski definition) is 1. The molecule has 0 saturated heterocycles. The van der Waals surface area contributed by atoms with Gasteiger partial charge in [-0.2, -0.15) is 0 Å². The maximum atomic E-state index is 11.1. The van der Waals surface area contributed by atoms with Crippen molar-refractivity contribution in [2.75, 3.05) is 7.11 Å². The molecule has 0 spiro atoms. The fourth-order valence-electron chi connectivity index (χ4n) is 1.84. The molecule has 1 aromatic heterocycles. The minimum atomic E-state index is -0.945. The first-order valence-electron chi connectivity index (χ1n) is 5.51. The predicted octanol–water partition coefficient (Wildman–Crippen LogP) is 1.90. The van der Waals surface area contributed by atoms with E-state index in [1.807, 2.05) is 16.8 Å². The molecule has 0 atom stereocenters. The molecule has 0 aliphatic carbocycles. The molecule has 1 aromatic carbocycles. The Morgan fingerprint density at radius 2 is 2.11 bits per heavy atom. The summed E-state index contributed by atoms with van der Waals surface area (Å²) in [6, 6.07) is 6.75. The lowest BCUT2D eigenvalue weighted by Gasteiger charge is -2.04. The van der Waals surface area contributed by atoms with E-state index in [0.29, 0.717) is 13.0 Å². The second-order valence-electron chi connectivity index (χ2n) is 3.91. The van der Waals surface area contributed by atoms with E-state index in [2.05, 4.69) is 4.74 Å². The third-order valence-corrected chi connectivity index (χ3v) is 2.80. The Balaban J connectivity index is 2.26. The van der Waals surface area contributed by atoms with Crippen LogP contribution in [-0.2, 0) is 16.1 Å². The van der Waals surface area contributed by atoms with Crippen LogP contribution in [-0.4, -0.2) is 28.7 Å². The lowest BCUT2D eigenvalue weighted by Crippen LogP contribution is -2.06. The van der Waals surface area contributed by atoms with Gasteiger partial charge in [-0.25, -0.2) is 4.79 Å². The fraction of sp³-hybridized carbons (Fsp3) is 0.231. The Hall–Kier alpha value is -2.30. The zero-order valence-corrected chi connectivity index (χ0v) is 9.92. The quantitative estimate of drug-likeness (QED) is 0.838. The first-order valence-corrected chi connectivity index (χ1v) is 5.51. The van der Waals surface area contributed by atoms with Crippen molar-refractivity contribution >= 4 is 22.8 Å². The zero-order valence-electron chi connectivity index (χ0n) is 9.92. The van der Waals surface area contributed by atoms with E-state index >= 15 is 0 Å². The van der Waals surface area contributed by atoms with Gasteiger partial charge >= 0.3 is 11.9 Å². The van der Waals surface area contributed by atoms with Crippen molar-refractivity contribution in [3.63, 3.8) is 0 Å². The maximum Gasteiger partial charge on any atom is 0.335 e. The number of esters is 1. The van der Waals surface area contributed by atoms with Crippen LogP contribution in [0.15, 0.2) is 30.5 Å². The van der Waals surface area contributed by atoms with Crippen LogP contribution in [0.4, 0.5) is 0 Å². The molecule has 0 aliphatic heterocycles. The summed E-state index contributed by atoms with van der Waals surface area (Å²) in [5, 5.41) is 9.74. The number of hydrogen-bond acceptors (Lipinski definition) is 3. The van der Waals surface area contributed by atoms with Crippen LogP contribution >= 0.6 is 0 Å². The number of carbonyl (C=O) groups excluding carboxylic acids is 1. The van der Waals surface area contributed by atoms with Gasteiger partial charge in [0.25, 0.3) is 0 Å². The van der Waals surface area contributed by atoms with Crippen LogP contribution in [0.25, 0.3) is 10.9 Å². The van der Waals surface area contributed by atoms with Crippen LogP contribution in [0.1, 0.15) is 16.8 Å². The molecule has 94 valence electrons. The van der Waals surface area contributed by atoms with Crippen LogP contribution in [0.5, 0.6) is 0 Å². The molecular weight excluding hydrogens is 234 g/mol. The van der Waals surface area contributed by atoms with E-state index in [-0.39, 0.29) is 11.5 Å². The Morgan fingerprint density at radius 1 is 1.33 bits per heavy atom. The molecule has 0 radical (unpaired) electrons. The molecule has 5 nitrogen and oxygen atoms in total. The highest BCUT2D eigenvalue weighted by molar-refractivity contribution is 5.93. The lowest BCUT2D eigenvalue weighted by molar-refractivity contribution is -0.140. The number of ether oxygens (including phenoxy) is 1. The third-order valence-electron chi connectivity index (χ3n) is 2.80. The molecule has 2 aromatic rings. The van der Waals surface area contributed by atoms with Crippen molar-refractivity contribution in [1.29, 1.82) is 0 Å². The normalized spacial score (nSPS) is 10.5. The summed E-state index contributed by atoms with van der Waals surface area (Å²) in [4.78, 5) is 21.9. The number of carboxylic acids is 1. The molecular formula is C13H13NO4. The number of methoxy groups -OCH3 is 1. The highest BCUT2D eigenvalue weighted by atomic mass is 16.5. The minimum absolute atomic E-state index is 0.258. The second-order valence-corrected chi connectivity index (χ2v) is 3.91. The SMILES string of the molecule is COC(=O)CCn1ccc2cc(C(=O)O)ccc21. The number of carboxylic acid groups (broad SMARTS) is 1. The molecule has 0 fully saturated rings. The summed E-state index contributed by atoms with van der Waals surface area (Å²) < 4.78 is 6.48. The van der Waals surface area contributed by atoms with Gasteiger partial charge in [-0.3, -0.25) is 4.79 Å². The molecule has 5 heteroatoms. The van der Waals surface area contributed by atoms with Gasteiger partial charge in [0.15, 0.2) is 0 Å². The number of nitrogens with zero attached hydrogens (tertiary/aromatic N) is 1. The van der Waals surface area contributed by atoms with E-state index in [9.17, 15) is 9.59 Å². The van der Waals surface area contributed by atoms with Crippen molar-refractivity contribution in [2.45, 2.75) is 13.0 Å². The van der Waals surface area contributed by atoms with Gasteiger partial charge in [0, 0.05) is 23.6 Å². The van der Waals surface area contributed by atoms with Crippen molar-refractivity contribution in [2.24, 2.45) is 0 Å². The summed E-state index contributed by atoms with van der Waals surface area (Å²) in [6.07, 6.45) is 2.13.